The lowest BCUT2D eigenvalue weighted by Crippen LogP contribution is -2.18. The van der Waals surface area contributed by atoms with E-state index in [1.165, 1.54) is 0 Å². The average molecular weight is 296 g/mol. The lowest BCUT2D eigenvalue weighted by molar-refractivity contribution is -0.274. The summed E-state index contributed by atoms with van der Waals surface area (Å²) in [5, 5.41) is 0. The predicted molar refractivity (Wildman–Crippen MR) is 44.8 cm³/mol. The summed E-state index contributed by atoms with van der Waals surface area (Å²) in [6, 6.07) is 0.427. The molecule has 0 aliphatic carbocycles. The van der Waals surface area contributed by atoms with E-state index in [2.05, 4.69) is 9.47 Å². The van der Waals surface area contributed by atoms with Gasteiger partial charge in [-0.1, -0.05) is 0 Å². The van der Waals surface area contributed by atoms with Crippen molar-refractivity contribution in [3.8, 4) is 11.5 Å². The first-order chi connectivity index (χ1) is 8.47. The van der Waals surface area contributed by atoms with Crippen molar-refractivity contribution in [2.75, 3.05) is 0 Å². The fourth-order valence-electron chi connectivity index (χ4n) is 1.10. The molecule has 1 aromatic rings. The van der Waals surface area contributed by atoms with Gasteiger partial charge in [-0.15, -0.1) is 13.2 Å². The van der Waals surface area contributed by atoms with Gasteiger partial charge in [0.1, 0.15) is 11.5 Å². The van der Waals surface area contributed by atoms with Crippen LogP contribution in [0, 0.1) is 0 Å². The van der Waals surface area contributed by atoms with Crippen LogP contribution in [-0.2, 0) is 6.18 Å². The highest BCUT2D eigenvalue weighted by atomic mass is 19.4. The van der Waals surface area contributed by atoms with Gasteiger partial charge in [-0.05, 0) is 12.1 Å². The molecule has 19 heavy (non-hydrogen) atoms. The summed E-state index contributed by atoms with van der Waals surface area (Å²) < 4.78 is 103. The van der Waals surface area contributed by atoms with Crippen LogP contribution in [0.3, 0.4) is 0 Å². The Morgan fingerprint density at radius 2 is 1.37 bits per heavy atom. The van der Waals surface area contributed by atoms with Gasteiger partial charge in [0.2, 0.25) is 0 Å². The summed E-state index contributed by atoms with van der Waals surface area (Å²) in [6.07, 6.45) is -10.3. The van der Waals surface area contributed by atoms with Crippen molar-refractivity contribution < 1.29 is 44.6 Å². The van der Waals surface area contributed by atoms with E-state index in [9.17, 15) is 35.1 Å². The Bertz CT molecular complexity index is 437. The zero-order valence-corrected chi connectivity index (χ0v) is 8.65. The van der Waals surface area contributed by atoms with Gasteiger partial charge in [0.15, 0.2) is 0 Å². The molecule has 0 aromatic heterocycles. The lowest BCUT2D eigenvalue weighted by Gasteiger charge is -2.14. The molecule has 0 unspecified atom stereocenters. The van der Waals surface area contributed by atoms with Gasteiger partial charge >= 0.3 is 19.2 Å². The van der Waals surface area contributed by atoms with Gasteiger partial charge < -0.3 is 9.47 Å². The van der Waals surface area contributed by atoms with Gasteiger partial charge in [0.05, 0.1) is 5.56 Å². The van der Waals surface area contributed by atoms with Gasteiger partial charge in [0, 0.05) is 6.07 Å². The maximum Gasteiger partial charge on any atom is 0.573 e. The molecule has 0 amide bonds. The van der Waals surface area contributed by atoms with E-state index in [1.54, 1.807) is 0 Å². The summed E-state index contributed by atoms with van der Waals surface area (Å²) in [5.41, 5.74) is -1.61. The minimum atomic E-state index is -5.26. The van der Waals surface area contributed by atoms with Crippen LogP contribution >= 0.6 is 0 Å². The predicted octanol–water partition coefficient (Wildman–Crippen LogP) is 4.21. The van der Waals surface area contributed by atoms with E-state index in [4.69, 9.17) is 0 Å². The highest BCUT2D eigenvalue weighted by Gasteiger charge is 2.35. The summed E-state index contributed by atoms with van der Waals surface area (Å²) >= 11 is 0. The Labute approximate surface area is 100 Å². The highest BCUT2D eigenvalue weighted by Crippen LogP contribution is 2.36. The first kappa shape index (κ1) is 15.3. The van der Waals surface area contributed by atoms with E-state index < -0.39 is 36.2 Å². The number of rotatable bonds is 3. The van der Waals surface area contributed by atoms with Gasteiger partial charge in [-0.25, -0.2) is 0 Å². The zero-order valence-electron chi connectivity index (χ0n) is 8.65. The largest absolute Gasteiger partial charge is 0.573 e. The lowest BCUT2D eigenvalue weighted by atomic mass is 10.2. The van der Waals surface area contributed by atoms with E-state index >= 15 is 0 Å². The molecule has 0 aliphatic rings. The molecule has 0 aliphatic heterocycles. The van der Waals surface area contributed by atoms with Crippen LogP contribution in [0.2, 0.25) is 0 Å². The first-order valence-corrected chi connectivity index (χ1v) is 4.40. The molecular weight excluding hydrogens is 292 g/mol. The third kappa shape index (κ3) is 5.18. The van der Waals surface area contributed by atoms with Crippen LogP contribution in [0.5, 0.6) is 11.5 Å². The zero-order chi connectivity index (χ0) is 14.8. The van der Waals surface area contributed by atoms with E-state index in [-0.39, 0.29) is 18.2 Å². The Kier molecular flexibility index (Phi) is 4.11. The Hall–Kier alpha value is -1.74. The molecule has 0 spiro atoms. The van der Waals surface area contributed by atoms with Crippen LogP contribution in [0.4, 0.5) is 35.1 Å². The molecule has 0 fully saturated rings. The second kappa shape index (κ2) is 5.10. The standard InChI is InChI=1S/C9H4F8O2/c10-7(11)18-5-1-4(8(12,13)14)2-6(3-5)19-9(15,16)17/h1-3,7H. The van der Waals surface area contributed by atoms with E-state index in [1.807, 2.05) is 0 Å². The molecule has 0 atom stereocenters. The van der Waals surface area contributed by atoms with E-state index in [0.29, 0.717) is 0 Å². The van der Waals surface area contributed by atoms with Gasteiger partial charge in [0.25, 0.3) is 0 Å². The van der Waals surface area contributed by atoms with Crippen molar-refractivity contribution in [1.82, 2.24) is 0 Å². The summed E-state index contributed by atoms with van der Waals surface area (Å²) in [4.78, 5) is 0. The molecule has 0 heterocycles. The molecule has 2 nitrogen and oxygen atoms in total. The van der Waals surface area contributed by atoms with Crippen LogP contribution in [0.15, 0.2) is 18.2 Å². The average Bonchev–Trinajstić information content (AvgIpc) is 2.11. The Morgan fingerprint density at radius 3 is 1.79 bits per heavy atom. The van der Waals surface area contributed by atoms with Crippen molar-refractivity contribution in [3.05, 3.63) is 23.8 Å². The smallest absolute Gasteiger partial charge is 0.435 e. The number of hydrogen-bond donors (Lipinski definition) is 0. The topological polar surface area (TPSA) is 18.5 Å². The van der Waals surface area contributed by atoms with Crippen molar-refractivity contribution >= 4 is 0 Å². The second-order valence-electron chi connectivity index (χ2n) is 3.12. The number of halogens is 8. The SMILES string of the molecule is FC(F)Oc1cc(OC(F)(F)F)cc(C(F)(F)F)c1. The molecule has 0 saturated carbocycles. The van der Waals surface area contributed by atoms with Crippen LogP contribution in [0.1, 0.15) is 5.56 Å². The molecule has 108 valence electrons. The molecule has 0 radical (unpaired) electrons. The van der Waals surface area contributed by atoms with Crippen molar-refractivity contribution in [2.45, 2.75) is 19.2 Å². The van der Waals surface area contributed by atoms with Crippen LogP contribution < -0.4 is 9.47 Å². The third-order valence-electron chi connectivity index (χ3n) is 1.67. The fourth-order valence-corrected chi connectivity index (χ4v) is 1.10. The first-order valence-electron chi connectivity index (χ1n) is 4.40. The quantitative estimate of drug-likeness (QED) is 0.778. The third-order valence-corrected chi connectivity index (χ3v) is 1.67. The number of hydrogen-bond acceptors (Lipinski definition) is 2. The minimum Gasteiger partial charge on any atom is -0.435 e. The number of benzene rings is 1. The van der Waals surface area contributed by atoms with Crippen LogP contribution in [0.25, 0.3) is 0 Å². The van der Waals surface area contributed by atoms with Crippen LogP contribution in [-0.4, -0.2) is 13.0 Å². The van der Waals surface area contributed by atoms with Crippen molar-refractivity contribution in [2.24, 2.45) is 0 Å². The van der Waals surface area contributed by atoms with E-state index in [0.717, 1.165) is 0 Å². The Morgan fingerprint density at radius 1 is 0.842 bits per heavy atom. The molecule has 1 aromatic carbocycles. The molecule has 0 bridgehead atoms. The maximum atomic E-state index is 12.3. The maximum absolute atomic E-state index is 12.3. The van der Waals surface area contributed by atoms with Crippen molar-refractivity contribution in [1.29, 1.82) is 0 Å². The highest BCUT2D eigenvalue weighted by molar-refractivity contribution is 5.39. The summed E-state index contributed by atoms with van der Waals surface area (Å²) in [5.74, 6) is -2.40. The fraction of sp³-hybridized carbons (Fsp3) is 0.333. The molecule has 10 heteroatoms. The van der Waals surface area contributed by atoms with Gasteiger partial charge in [-0.3, -0.25) is 0 Å². The normalized spacial score (nSPS) is 12.7. The summed E-state index contributed by atoms with van der Waals surface area (Å²) in [6.45, 7) is -3.48. The molecule has 0 saturated heterocycles. The molecule has 1 rings (SSSR count). The number of alkyl halides is 8. The second-order valence-corrected chi connectivity index (χ2v) is 3.12. The Balaban J connectivity index is 3.16. The molecular formula is C9H4F8O2. The minimum absolute atomic E-state index is 0.0197. The molecule has 0 N–H and O–H groups in total. The number of ether oxygens (including phenoxy) is 2. The summed E-state index contributed by atoms with van der Waals surface area (Å²) in [7, 11) is 0. The van der Waals surface area contributed by atoms with Gasteiger partial charge in [-0.2, -0.15) is 22.0 Å². The monoisotopic (exact) mass is 296 g/mol. The van der Waals surface area contributed by atoms with Crippen molar-refractivity contribution in [3.63, 3.8) is 0 Å².